The third-order valence-electron chi connectivity index (χ3n) is 5.35. The maximum absolute atomic E-state index is 5.76. The summed E-state index contributed by atoms with van der Waals surface area (Å²) in [5.74, 6) is 1.69. The van der Waals surface area contributed by atoms with Crippen LogP contribution in [-0.2, 0) is 0 Å². The van der Waals surface area contributed by atoms with Gasteiger partial charge in [-0.05, 0) is 37.0 Å². The van der Waals surface area contributed by atoms with Gasteiger partial charge in [0.1, 0.15) is 0 Å². The number of benzene rings is 2. The summed E-state index contributed by atoms with van der Waals surface area (Å²) in [6.45, 7) is 7.37. The summed E-state index contributed by atoms with van der Waals surface area (Å²) < 4.78 is 5.76. The molecule has 0 saturated carbocycles. The van der Waals surface area contributed by atoms with Crippen molar-refractivity contribution in [3.05, 3.63) is 77.8 Å². The molecule has 3 aromatic rings. The van der Waals surface area contributed by atoms with Gasteiger partial charge in [0.25, 0.3) is 5.89 Å². The van der Waals surface area contributed by atoms with Gasteiger partial charge < -0.3 is 14.7 Å². The van der Waals surface area contributed by atoms with Crippen LogP contribution in [0.4, 0.5) is 0 Å². The van der Waals surface area contributed by atoms with Crippen molar-refractivity contribution in [2.45, 2.75) is 33.2 Å². The molecule has 154 valence electrons. The van der Waals surface area contributed by atoms with Gasteiger partial charge in [0.05, 0.1) is 11.6 Å². The molecule has 4 rings (SSSR count). The normalized spacial score (nSPS) is 16.9. The Bertz CT molecular complexity index is 1040. The predicted molar refractivity (Wildman–Crippen MR) is 123 cm³/mol. The van der Waals surface area contributed by atoms with Crippen molar-refractivity contribution in [1.29, 1.82) is 0 Å². The summed E-state index contributed by atoms with van der Waals surface area (Å²) in [4.78, 5) is 6.89. The fraction of sp³-hybridized carbons (Fsp3) is 0.292. The lowest BCUT2D eigenvalue weighted by Crippen LogP contribution is -2.46. The Balaban J connectivity index is 1.78. The quantitative estimate of drug-likeness (QED) is 0.538. The van der Waals surface area contributed by atoms with Crippen LogP contribution >= 0.6 is 12.2 Å². The molecule has 0 spiro atoms. The highest BCUT2D eigenvalue weighted by molar-refractivity contribution is 7.80. The first-order valence-electron chi connectivity index (χ1n) is 10.3. The molecule has 1 N–H and O–H groups in total. The zero-order valence-corrected chi connectivity index (χ0v) is 18.3. The van der Waals surface area contributed by atoms with E-state index in [0.29, 0.717) is 17.6 Å². The van der Waals surface area contributed by atoms with Crippen LogP contribution < -0.4 is 5.32 Å². The average Bonchev–Trinajstić information content (AvgIpc) is 3.24. The van der Waals surface area contributed by atoms with Crippen molar-refractivity contribution in [2.24, 2.45) is 5.92 Å². The predicted octanol–water partition coefficient (Wildman–Crippen LogP) is 5.45. The summed E-state index contributed by atoms with van der Waals surface area (Å²) in [6, 6.07) is 20.0. The zero-order chi connectivity index (χ0) is 21.1. The van der Waals surface area contributed by atoms with Gasteiger partial charge >= 0.3 is 0 Å². The van der Waals surface area contributed by atoms with E-state index in [9.17, 15) is 0 Å². The van der Waals surface area contributed by atoms with E-state index in [1.54, 1.807) is 0 Å². The van der Waals surface area contributed by atoms with Crippen molar-refractivity contribution in [1.82, 2.24) is 20.4 Å². The van der Waals surface area contributed by atoms with Crippen LogP contribution in [0.1, 0.15) is 44.7 Å². The zero-order valence-electron chi connectivity index (χ0n) is 17.5. The minimum Gasteiger partial charge on any atom is -0.351 e. The first-order chi connectivity index (χ1) is 14.5. The van der Waals surface area contributed by atoms with Crippen molar-refractivity contribution in [2.75, 3.05) is 6.54 Å². The van der Waals surface area contributed by atoms with Gasteiger partial charge in [0.2, 0.25) is 5.82 Å². The molecule has 1 unspecified atom stereocenters. The minimum absolute atomic E-state index is 0.141. The molecule has 1 aliphatic heterocycles. The summed E-state index contributed by atoms with van der Waals surface area (Å²) >= 11 is 5.73. The topological polar surface area (TPSA) is 54.2 Å². The molecule has 0 fully saturated rings. The van der Waals surface area contributed by atoms with Crippen LogP contribution in [0.5, 0.6) is 0 Å². The van der Waals surface area contributed by atoms with E-state index >= 15 is 0 Å². The van der Waals surface area contributed by atoms with Gasteiger partial charge in [-0.1, -0.05) is 79.7 Å². The number of nitrogens with one attached hydrogen (secondary N) is 1. The summed E-state index contributed by atoms with van der Waals surface area (Å²) in [7, 11) is 0. The summed E-state index contributed by atoms with van der Waals surface area (Å²) in [5, 5.41) is 8.48. The van der Waals surface area contributed by atoms with Gasteiger partial charge in [0.15, 0.2) is 5.11 Å². The Kier molecular flexibility index (Phi) is 5.95. The Labute approximate surface area is 182 Å². The average molecular weight is 419 g/mol. The van der Waals surface area contributed by atoms with Crippen LogP contribution in [0, 0.1) is 5.92 Å². The number of thiocarbonyl (C=S) groups is 1. The van der Waals surface area contributed by atoms with E-state index in [-0.39, 0.29) is 6.04 Å². The summed E-state index contributed by atoms with van der Waals surface area (Å²) in [5.41, 5.74) is 4.06. The van der Waals surface area contributed by atoms with Gasteiger partial charge in [-0.15, -0.1) is 0 Å². The lowest BCUT2D eigenvalue weighted by atomic mass is 9.94. The second-order valence-electron chi connectivity index (χ2n) is 7.92. The van der Waals surface area contributed by atoms with Crippen LogP contribution in [-0.4, -0.2) is 26.7 Å². The standard InChI is InChI=1S/C24H26N4OS/c1-16(2)14-15-28-17(3)20(21(25-24(28)30)18-10-6-4-7-11-18)23-26-22(27-29-23)19-12-8-5-9-13-19/h4-13,16,21H,14-15H2,1-3H3,(H,25,30). The number of rotatable bonds is 6. The number of hydrogen-bond acceptors (Lipinski definition) is 4. The fourth-order valence-electron chi connectivity index (χ4n) is 3.65. The molecule has 6 heteroatoms. The van der Waals surface area contributed by atoms with E-state index in [4.69, 9.17) is 21.7 Å². The van der Waals surface area contributed by atoms with E-state index in [1.165, 1.54) is 0 Å². The summed E-state index contributed by atoms with van der Waals surface area (Å²) in [6.07, 6.45) is 1.04. The largest absolute Gasteiger partial charge is 0.351 e. The molecule has 2 heterocycles. The lowest BCUT2D eigenvalue weighted by Gasteiger charge is -2.37. The number of aromatic nitrogens is 2. The van der Waals surface area contributed by atoms with Gasteiger partial charge in [-0.3, -0.25) is 0 Å². The highest BCUT2D eigenvalue weighted by Crippen LogP contribution is 2.37. The van der Waals surface area contributed by atoms with Crippen LogP contribution in [0.3, 0.4) is 0 Å². The van der Waals surface area contributed by atoms with Gasteiger partial charge in [-0.25, -0.2) is 0 Å². The molecule has 0 amide bonds. The van der Waals surface area contributed by atoms with E-state index in [0.717, 1.165) is 40.5 Å². The monoisotopic (exact) mass is 418 g/mol. The Morgan fingerprint density at radius 2 is 1.73 bits per heavy atom. The third-order valence-corrected chi connectivity index (χ3v) is 5.69. The smallest absolute Gasteiger partial charge is 0.258 e. The van der Waals surface area contributed by atoms with Crippen molar-refractivity contribution < 1.29 is 4.52 Å². The Morgan fingerprint density at radius 3 is 2.40 bits per heavy atom. The highest BCUT2D eigenvalue weighted by Gasteiger charge is 2.33. The van der Waals surface area contributed by atoms with Crippen molar-refractivity contribution >= 4 is 22.9 Å². The molecule has 5 nitrogen and oxygen atoms in total. The number of allylic oxidation sites excluding steroid dienone is 1. The molecule has 30 heavy (non-hydrogen) atoms. The molecular formula is C24H26N4OS. The molecular weight excluding hydrogens is 392 g/mol. The second kappa shape index (κ2) is 8.79. The SMILES string of the molecule is CC1=C(c2nc(-c3ccccc3)no2)C(c2ccccc2)NC(=S)N1CCC(C)C. The minimum atomic E-state index is -0.141. The molecule has 1 atom stereocenters. The van der Waals surface area contributed by atoms with Gasteiger partial charge in [0, 0.05) is 17.8 Å². The number of hydrogen-bond donors (Lipinski definition) is 1. The second-order valence-corrected chi connectivity index (χ2v) is 8.30. The first-order valence-corrected chi connectivity index (χ1v) is 10.7. The van der Waals surface area contributed by atoms with Gasteiger partial charge in [-0.2, -0.15) is 4.98 Å². The van der Waals surface area contributed by atoms with Crippen LogP contribution in [0.25, 0.3) is 17.0 Å². The Morgan fingerprint density at radius 1 is 1.07 bits per heavy atom. The molecule has 0 bridgehead atoms. The molecule has 0 radical (unpaired) electrons. The molecule has 2 aromatic carbocycles. The molecule has 0 aliphatic carbocycles. The fourth-order valence-corrected chi connectivity index (χ4v) is 3.99. The maximum atomic E-state index is 5.76. The van der Waals surface area contributed by atoms with Crippen LogP contribution in [0.15, 0.2) is 70.9 Å². The number of nitrogens with zero attached hydrogens (tertiary/aromatic N) is 3. The van der Waals surface area contributed by atoms with Crippen molar-refractivity contribution in [3.8, 4) is 11.4 Å². The van der Waals surface area contributed by atoms with Crippen molar-refractivity contribution in [3.63, 3.8) is 0 Å². The maximum Gasteiger partial charge on any atom is 0.258 e. The molecule has 1 aromatic heterocycles. The van der Waals surface area contributed by atoms with E-state index in [2.05, 4.69) is 48.3 Å². The molecule has 0 saturated heterocycles. The van der Waals surface area contributed by atoms with E-state index in [1.807, 2.05) is 48.5 Å². The van der Waals surface area contributed by atoms with E-state index < -0.39 is 0 Å². The third kappa shape index (κ3) is 4.14. The van der Waals surface area contributed by atoms with Crippen LogP contribution in [0.2, 0.25) is 0 Å². The molecule has 1 aliphatic rings. The lowest BCUT2D eigenvalue weighted by molar-refractivity contribution is 0.390. The highest BCUT2D eigenvalue weighted by atomic mass is 32.1. The first kappa shape index (κ1) is 20.3. The Hall–Kier alpha value is -2.99.